The van der Waals surface area contributed by atoms with Gasteiger partial charge in [-0.3, -0.25) is 5.84 Å². The Balaban J connectivity index is 1.86. The number of rotatable bonds is 5. The van der Waals surface area contributed by atoms with Gasteiger partial charge in [-0.1, -0.05) is 25.8 Å². The van der Waals surface area contributed by atoms with E-state index in [0.29, 0.717) is 6.04 Å². The van der Waals surface area contributed by atoms with Crippen LogP contribution in [0.1, 0.15) is 52.9 Å². The third kappa shape index (κ3) is 2.94. The molecule has 0 aliphatic heterocycles. The van der Waals surface area contributed by atoms with Crippen molar-refractivity contribution in [1.82, 2.24) is 5.01 Å². The summed E-state index contributed by atoms with van der Waals surface area (Å²) in [5.74, 6) is 8.02. The van der Waals surface area contributed by atoms with Crippen molar-refractivity contribution in [2.24, 2.45) is 23.6 Å². The fraction of sp³-hybridized carbons (Fsp3) is 0.867. The Morgan fingerprint density at radius 2 is 2.17 bits per heavy atom. The van der Waals surface area contributed by atoms with Crippen LogP contribution in [0.2, 0.25) is 0 Å². The first-order chi connectivity index (χ1) is 8.54. The summed E-state index contributed by atoms with van der Waals surface area (Å²) in [7, 11) is 0. The summed E-state index contributed by atoms with van der Waals surface area (Å²) in [4.78, 5) is 0. The molecule has 2 nitrogen and oxygen atoms in total. The van der Waals surface area contributed by atoms with Gasteiger partial charge in [0.15, 0.2) is 0 Å². The second kappa shape index (κ2) is 5.70. The van der Waals surface area contributed by atoms with E-state index >= 15 is 0 Å². The smallest absolute Gasteiger partial charge is 0.0985 e. The van der Waals surface area contributed by atoms with Crippen LogP contribution in [0.15, 0.2) is 11.9 Å². The second-order valence-electron chi connectivity index (χ2n) is 6.26. The van der Waals surface area contributed by atoms with E-state index in [4.69, 9.17) is 5.84 Å². The minimum atomic E-state index is -0.0189. The Morgan fingerprint density at radius 1 is 1.44 bits per heavy atom. The molecule has 0 amide bonds. The molecule has 3 heteroatoms. The number of hydrogen-bond acceptors (Lipinski definition) is 2. The average Bonchev–Trinajstić information content (AvgIpc) is 3.15. The lowest BCUT2D eigenvalue weighted by Crippen LogP contribution is -2.49. The molecule has 2 fully saturated rings. The van der Waals surface area contributed by atoms with Gasteiger partial charge in [-0.05, 0) is 44.9 Å². The van der Waals surface area contributed by atoms with Gasteiger partial charge in [0.2, 0.25) is 0 Å². The van der Waals surface area contributed by atoms with Crippen molar-refractivity contribution in [3.63, 3.8) is 0 Å². The second-order valence-corrected chi connectivity index (χ2v) is 6.26. The van der Waals surface area contributed by atoms with Crippen molar-refractivity contribution in [3.05, 3.63) is 11.9 Å². The monoisotopic (exact) mass is 254 g/mol. The summed E-state index contributed by atoms with van der Waals surface area (Å²) in [5, 5.41) is 2.03. The summed E-state index contributed by atoms with van der Waals surface area (Å²) < 4.78 is 13.5. The predicted octanol–water partition coefficient (Wildman–Crippen LogP) is 3.64. The third-order valence-electron chi connectivity index (χ3n) is 4.88. The van der Waals surface area contributed by atoms with Crippen molar-refractivity contribution < 1.29 is 4.39 Å². The highest BCUT2D eigenvalue weighted by molar-refractivity contribution is 5.00. The minimum Gasteiger partial charge on any atom is -0.268 e. The van der Waals surface area contributed by atoms with Gasteiger partial charge >= 0.3 is 0 Å². The molecule has 2 N–H and O–H groups in total. The topological polar surface area (TPSA) is 29.3 Å². The summed E-state index contributed by atoms with van der Waals surface area (Å²) in [6.45, 7) is 5.83. The van der Waals surface area contributed by atoms with Crippen molar-refractivity contribution in [3.8, 4) is 0 Å². The van der Waals surface area contributed by atoms with E-state index in [1.807, 2.05) is 11.9 Å². The first kappa shape index (κ1) is 14.0. The predicted molar refractivity (Wildman–Crippen MR) is 73.4 cm³/mol. The highest BCUT2D eigenvalue weighted by atomic mass is 19.1. The number of fused-ring (bicyclic) bond motifs is 1. The number of allylic oxidation sites excluding steroid dienone is 2. The molecule has 2 aliphatic rings. The summed E-state index contributed by atoms with van der Waals surface area (Å²) in [6.07, 6.45) is 7.67. The summed E-state index contributed by atoms with van der Waals surface area (Å²) in [6, 6.07) is 0.801. The van der Waals surface area contributed by atoms with Crippen LogP contribution >= 0.6 is 0 Å². The maximum Gasteiger partial charge on any atom is 0.0985 e. The van der Waals surface area contributed by atoms with E-state index < -0.39 is 0 Å². The fourth-order valence-electron chi connectivity index (χ4n) is 3.60. The lowest BCUT2D eigenvalue weighted by Gasteiger charge is -2.36. The first-order valence-electron chi connectivity index (χ1n) is 7.39. The summed E-state index contributed by atoms with van der Waals surface area (Å²) in [5.41, 5.74) is 0. The highest BCUT2D eigenvalue weighted by Gasteiger charge is 2.47. The Morgan fingerprint density at radius 3 is 2.83 bits per heavy atom. The van der Waals surface area contributed by atoms with E-state index in [1.54, 1.807) is 13.0 Å². The van der Waals surface area contributed by atoms with E-state index in [0.717, 1.165) is 18.3 Å². The van der Waals surface area contributed by atoms with E-state index in [1.165, 1.54) is 25.7 Å². The SMILES string of the molecule is C/C=C(/F)[C@H](C)CC(C)N(N)C1CCC[C@@H]2C[C@H]12. The fourth-order valence-corrected chi connectivity index (χ4v) is 3.60. The molecule has 0 radical (unpaired) electrons. The zero-order valence-corrected chi connectivity index (χ0v) is 11.9. The zero-order valence-electron chi connectivity index (χ0n) is 11.9. The molecule has 18 heavy (non-hydrogen) atoms. The molecular formula is C15H27FN2. The first-order valence-corrected chi connectivity index (χ1v) is 7.39. The van der Waals surface area contributed by atoms with Gasteiger partial charge in [-0.2, -0.15) is 0 Å². The lowest BCUT2D eigenvalue weighted by molar-refractivity contribution is 0.0909. The van der Waals surface area contributed by atoms with Crippen LogP contribution in [0, 0.1) is 17.8 Å². The van der Waals surface area contributed by atoms with Gasteiger partial charge in [0.05, 0.1) is 5.83 Å². The number of halogens is 1. The lowest BCUT2D eigenvalue weighted by atomic mass is 9.92. The third-order valence-corrected chi connectivity index (χ3v) is 4.88. The van der Waals surface area contributed by atoms with Crippen LogP contribution in [-0.4, -0.2) is 17.1 Å². The molecule has 0 saturated heterocycles. The van der Waals surface area contributed by atoms with Crippen molar-refractivity contribution >= 4 is 0 Å². The molecular weight excluding hydrogens is 227 g/mol. The van der Waals surface area contributed by atoms with Crippen molar-refractivity contribution in [2.75, 3.05) is 0 Å². The molecule has 0 aromatic heterocycles. The standard InChI is InChI=1S/C15H27FN2/c1-4-14(16)10(2)8-11(3)18(17)15-7-5-6-12-9-13(12)15/h4,10-13,15H,5-9,17H2,1-3H3/b14-4+/t10-,11?,12-,13+,15?/m1/s1. The van der Waals surface area contributed by atoms with Crippen molar-refractivity contribution in [2.45, 2.75) is 65.0 Å². The quantitative estimate of drug-likeness (QED) is 0.599. The molecule has 0 spiro atoms. The zero-order chi connectivity index (χ0) is 13.3. The van der Waals surface area contributed by atoms with Crippen molar-refractivity contribution in [1.29, 1.82) is 0 Å². The molecule has 0 aromatic carbocycles. The van der Waals surface area contributed by atoms with Gasteiger partial charge in [0.1, 0.15) is 0 Å². The highest BCUT2D eigenvalue weighted by Crippen LogP contribution is 2.51. The molecule has 2 saturated carbocycles. The molecule has 2 aliphatic carbocycles. The molecule has 2 rings (SSSR count). The van der Waals surface area contributed by atoms with Gasteiger partial charge in [0.25, 0.3) is 0 Å². The van der Waals surface area contributed by atoms with Crippen LogP contribution in [0.3, 0.4) is 0 Å². The Labute approximate surface area is 110 Å². The normalized spacial score (nSPS) is 35.2. The molecule has 5 atom stereocenters. The number of nitrogens with two attached hydrogens (primary N) is 1. The molecule has 0 aromatic rings. The summed E-state index contributed by atoms with van der Waals surface area (Å²) >= 11 is 0. The van der Waals surface area contributed by atoms with E-state index in [-0.39, 0.29) is 17.8 Å². The number of hydrazine groups is 1. The van der Waals surface area contributed by atoms with Gasteiger partial charge in [-0.25, -0.2) is 9.40 Å². The van der Waals surface area contributed by atoms with Crippen LogP contribution in [-0.2, 0) is 0 Å². The minimum absolute atomic E-state index is 0.0109. The van der Waals surface area contributed by atoms with Crippen LogP contribution in [0.4, 0.5) is 4.39 Å². The molecule has 0 bridgehead atoms. The maximum absolute atomic E-state index is 13.5. The van der Waals surface area contributed by atoms with Gasteiger partial charge in [-0.15, -0.1) is 0 Å². The molecule has 104 valence electrons. The molecule has 2 unspecified atom stereocenters. The molecule has 0 heterocycles. The number of nitrogens with zero attached hydrogens (tertiary/aromatic N) is 1. The Hall–Kier alpha value is -0.410. The van der Waals surface area contributed by atoms with E-state index in [2.05, 4.69) is 6.92 Å². The average molecular weight is 254 g/mol. The van der Waals surface area contributed by atoms with E-state index in [9.17, 15) is 4.39 Å². The largest absolute Gasteiger partial charge is 0.268 e. The maximum atomic E-state index is 13.5. The Bertz CT molecular complexity index is 316. The number of hydrogen-bond donors (Lipinski definition) is 1. The van der Waals surface area contributed by atoms with Gasteiger partial charge < -0.3 is 0 Å². The van der Waals surface area contributed by atoms with Gasteiger partial charge in [0, 0.05) is 18.0 Å². The van der Waals surface area contributed by atoms with Crippen LogP contribution in [0.25, 0.3) is 0 Å². The van der Waals surface area contributed by atoms with Crippen LogP contribution in [0.5, 0.6) is 0 Å². The Kier molecular flexibility index (Phi) is 4.44. The van der Waals surface area contributed by atoms with Crippen LogP contribution < -0.4 is 5.84 Å².